The third kappa shape index (κ3) is 8.85. The van der Waals surface area contributed by atoms with Crippen LogP contribution in [0.5, 0.6) is 0 Å². The van der Waals surface area contributed by atoms with Gasteiger partial charge in [-0.2, -0.15) is 0 Å². The number of hydrogen-bond acceptors (Lipinski definition) is 4. The number of nitrogens with one attached hydrogen (secondary N) is 2. The predicted molar refractivity (Wildman–Crippen MR) is 116 cm³/mol. The Morgan fingerprint density at radius 1 is 1.23 bits per heavy atom. The van der Waals surface area contributed by atoms with E-state index in [9.17, 15) is 4.79 Å². The molecule has 1 heterocycles. The molecular formula is C18H37IN4O3. The molecule has 0 unspecified atom stereocenters. The zero-order valence-corrected chi connectivity index (χ0v) is 19.3. The van der Waals surface area contributed by atoms with E-state index in [4.69, 9.17) is 9.47 Å². The van der Waals surface area contributed by atoms with E-state index < -0.39 is 5.41 Å². The summed E-state index contributed by atoms with van der Waals surface area (Å²) < 4.78 is 10.9. The van der Waals surface area contributed by atoms with Crippen molar-refractivity contribution in [2.75, 3.05) is 53.6 Å². The fourth-order valence-corrected chi connectivity index (χ4v) is 2.80. The van der Waals surface area contributed by atoms with E-state index in [0.29, 0.717) is 19.2 Å². The number of halogens is 1. The van der Waals surface area contributed by atoms with E-state index in [0.717, 1.165) is 51.5 Å². The first-order valence-corrected chi connectivity index (χ1v) is 9.29. The average Bonchev–Trinajstić information content (AvgIpc) is 2.60. The number of piperidine rings is 1. The minimum atomic E-state index is -0.477. The monoisotopic (exact) mass is 484 g/mol. The van der Waals surface area contributed by atoms with Crippen molar-refractivity contribution in [3.63, 3.8) is 0 Å². The Bertz CT molecular complexity index is 425. The van der Waals surface area contributed by atoms with Crippen LogP contribution in [0.25, 0.3) is 0 Å². The minimum Gasteiger partial charge on any atom is -0.385 e. The number of guanidine groups is 1. The van der Waals surface area contributed by atoms with E-state index >= 15 is 0 Å². The molecule has 1 saturated heterocycles. The molecule has 1 amide bonds. The Morgan fingerprint density at radius 2 is 1.88 bits per heavy atom. The molecular weight excluding hydrogens is 447 g/mol. The highest BCUT2D eigenvalue weighted by Gasteiger charge is 2.28. The van der Waals surface area contributed by atoms with Crippen LogP contribution in [0.1, 0.15) is 40.0 Å². The molecule has 0 aliphatic carbocycles. The standard InChI is InChI=1S/C18H36N4O3.HI/c1-6-20-16(23)18(2,3)14-21-17(19-4)22-10-8-15(9-11-22)25-13-7-12-24-5;/h15H,6-14H2,1-5H3,(H,19,21)(H,20,23);1H. The largest absolute Gasteiger partial charge is 0.385 e. The number of aliphatic imine (C=N–C) groups is 1. The summed E-state index contributed by atoms with van der Waals surface area (Å²) in [7, 11) is 3.50. The van der Waals surface area contributed by atoms with Crippen LogP contribution in [0.3, 0.4) is 0 Å². The van der Waals surface area contributed by atoms with E-state index in [2.05, 4.69) is 20.5 Å². The van der Waals surface area contributed by atoms with Gasteiger partial charge in [0.15, 0.2) is 5.96 Å². The zero-order chi connectivity index (χ0) is 18.7. The second kappa shape index (κ2) is 13.5. The summed E-state index contributed by atoms with van der Waals surface area (Å²) in [5.74, 6) is 0.913. The third-order valence-electron chi connectivity index (χ3n) is 4.44. The summed E-state index contributed by atoms with van der Waals surface area (Å²) >= 11 is 0. The lowest BCUT2D eigenvalue weighted by molar-refractivity contribution is -0.128. The first kappa shape index (κ1) is 25.4. The molecule has 0 spiro atoms. The Balaban J connectivity index is 0.00000625. The van der Waals surface area contributed by atoms with Crippen molar-refractivity contribution in [1.29, 1.82) is 0 Å². The van der Waals surface area contributed by atoms with Crippen LogP contribution in [0, 0.1) is 5.41 Å². The smallest absolute Gasteiger partial charge is 0.227 e. The predicted octanol–water partition coefficient (Wildman–Crippen LogP) is 1.86. The molecule has 1 aliphatic rings. The van der Waals surface area contributed by atoms with Crippen molar-refractivity contribution in [1.82, 2.24) is 15.5 Å². The van der Waals surface area contributed by atoms with Gasteiger partial charge in [0.05, 0.1) is 11.5 Å². The van der Waals surface area contributed by atoms with Crippen LogP contribution in [-0.2, 0) is 14.3 Å². The van der Waals surface area contributed by atoms with Crippen LogP contribution in [0.4, 0.5) is 0 Å². The Labute approximate surface area is 175 Å². The second-order valence-electron chi connectivity index (χ2n) is 7.05. The number of nitrogens with zero attached hydrogens (tertiary/aromatic N) is 2. The van der Waals surface area contributed by atoms with E-state index in [1.165, 1.54) is 0 Å². The first-order valence-electron chi connectivity index (χ1n) is 9.29. The number of rotatable bonds is 9. The molecule has 0 aromatic heterocycles. The molecule has 2 N–H and O–H groups in total. The van der Waals surface area contributed by atoms with Gasteiger partial charge in [-0.25, -0.2) is 0 Å². The van der Waals surface area contributed by atoms with Crippen LogP contribution in [0.2, 0.25) is 0 Å². The fraction of sp³-hybridized carbons (Fsp3) is 0.889. The van der Waals surface area contributed by atoms with Gasteiger partial charge in [0, 0.05) is 53.6 Å². The third-order valence-corrected chi connectivity index (χ3v) is 4.44. The molecule has 7 nitrogen and oxygen atoms in total. The Hall–Kier alpha value is -0.610. The van der Waals surface area contributed by atoms with E-state index in [1.807, 2.05) is 20.8 Å². The maximum atomic E-state index is 12.1. The summed E-state index contributed by atoms with van der Waals surface area (Å²) in [6.07, 6.45) is 3.24. The van der Waals surface area contributed by atoms with E-state index in [1.54, 1.807) is 14.2 Å². The molecule has 0 saturated carbocycles. The molecule has 0 aromatic rings. The van der Waals surface area contributed by atoms with Gasteiger partial charge in [0.25, 0.3) is 0 Å². The molecule has 8 heteroatoms. The van der Waals surface area contributed by atoms with Gasteiger partial charge in [-0.1, -0.05) is 0 Å². The number of hydrogen-bond donors (Lipinski definition) is 2. The van der Waals surface area contributed by atoms with Crippen molar-refractivity contribution in [3.8, 4) is 0 Å². The molecule has 0 aromatic carbocycles. The van der Waals surface area contributed by atoms with Gasteiger partial charge in [0.1, 0.15) is 0 Å². The molecule has 1 rings (SSSR count). The summed E-state index contributed by atoms with van der Waals surface area (Å²) in [4.78, 5) is 18.7. The topological polar surface area (TPSA) is 75.2 Å². The van der Waals surface area contributed by atoms with Crippen molar-refractivity contribution >= 4 is 35.8 Å². The number of likely N-dealkylation sites (tertiary alicyclic amines) is 1. The van der Waals surface area contributed by atoms with Crippen LogP contribution in [0.15, 0.2) is 4.99 Å². The lowest BCUT2D eigenvalue weighted by Crippen LogP contribution is -2.51. The number of methoxy groups -OCH3 is 1. The van der Waals surface area contributed by atoms with Crippen molar-refractivity contribution < 1.29 is 14.3 Å². The molecule has 0 radical (unpaired) electrons. The summed E-state index contributed by atoms with van der Waals surface area (Å²) in [5.41, 5.74) is -0.477. The van der Waals surface area contributed by atoms with Crippen molar-refractivity contribution in [3.05, 3.63) is 0 Å². The van der Waals surface area contributed by atoms with Crippen molar-refractivity contribution in [2.45, 2.75) is 46.1 Å². The van der Waals surface area contributed by atoms with Gasteiger partial charge in [0.2, 0.25) is 5.91 Å². The summed E-state index contributed by atoms with van der Waals surface area (Å²) in [5, 5.41) is 6.23. The zero-order valence-electron chi connectivity index (χ0n) is 17.0. The number of ether oxygens (including phenoxy) is 2. The number of carbonyl (C=O) groups is 1. The fourth-order valence-electron chi connectivity index (χ4n) is 2.80. The molecule has 1 aliphatic heterocycles. The minimum absolute atomic E-state index is 0. The van der Waals surface area contributed by atoms with Crippen molar-refractivity contribution in [2.24, 2.45) is 10.4 Å². The highest BCUT2D eigenvalue weighted by molar-refractivity contribution is 14.0. The van der Waals surface area contributed by atoms with Gasteiger partial charge < -0.3 is 25.0 Å². The van der Waals surface area contributed by atoms with Gasteiger partial charge >= 0.3 is 0 Å². The maximum absolute atomic E-state index is 12.1. The first-order chi connectivity index (χ1) is 11.9. The number of carbonyl (C=O) groups excluding carboxylic acids is 1. The Kier molecular flexibility index (Phi) is 13.2. The number of amides is 1. The lowest BCUT2D eigenvalue weighted by Gasteiger charge is -2.35. The Morgan fingerprint density at radius 3 is 2.42 bits per heavy atom. The van der Waals surface area contributed by atoms with Gasteiger partial charge in [-0.3, -0.25) is 9.79 Å². The van der Waals surface area contributed by atoms with Crippen LogP contribution >= 0.6 is 24.0 Å². The van der Waals surface area contributed by atoms with Gasteiger partial charge in [-0.05, 0) is 40.0 Å². The summed E-state index contributed by atoms with van der Waals surface area (Å²) in [6.45, 7) is 10.3. The van der Waals surface area contributed by atoms with E-state index in [-0.39, 0.29) is 29.9 Å². The second-order valence-corrected chi connectivity index (χ2v) is 7.05. The molecule has 26 heavy (non-hydrogen) atoms. The quantitative estimate of drug-likeness (QED) is 0.226. The van der Waals surface area contributed by atoms with Crippen LogP contribution < -0.4 is 10.6 Å². The lowest BCUT2D eigenvalue weighted by atomic mass is 9.92. The van der Waals surface area contributed by atoms with Gasteiger partial charge in [-0.15, -0.1) is 24.0 Å². The normalized spacial score (nSPS) is 16.2. The molecule has 154 valence electrons. The SMILES string of the molecule is CCNC(=O)C(C)(C)CNC(=NC)N1CCC(OCCCOC)CC1.I. The van der Waals surface area contributed by atoms with Crippen LogP contribution in [-0.4, -0.2) is 76.4 Å². The highest BCUT2D eigenvalue weighted by Crippen LogP contribution is 2.16. The summed E-state index contributed by atoms with van der Waals surface area (Å²) in [6, 6.07) is 0. The molecule has 0 atom stereocenters. The average molecular weight is 484 g/mol. The highest BCUT2D eigenvalue weighted by atomic mass is 127. The molecule has 0 bridgehead atoms. The maximum Gasteiger partial charge on any atom is 0.227 e. The molecule has 1 fully saturated rings.